The number of hydrogen-bond acceptors (Lipinski definition) is 6. The maximum absolute atomic E-state index is 10.9. The highest BCUT2D eigenvalue weighted by molar-refractivity contribution is 5.51. The molecule has 0 fully saturated rings. The third kappa shape index (κ3) is 3.67. The molecule has 0 unspecified atom stereocenters. The van der Waals surface area contributed by atoms with E-state index in [0.29, 0.717) is 18.2 Å². The van der Waals surface area contributed by atoms with Crippen LogP contribution < -0.4 is 14.8 Å². The first kappa shape index (κ1) is 14.7. The average molecular weight is 289 g/mol. The molecule has 0 radical (unpaired) electrons. The largest absolute Gasteiger partial charge is 0.490 e. The van der Waals surface area contributed by atoms with E-state index >= 15 is 0 Å². The van der Waals surface area contributed by atoms with E-state index in [1.54, 1.807) is 18.3 Å². The van der Waals surface area contributed by atoms with Crippen LogP contribution in [0, 0.1) is 10.1 Å². The van der Waals surface area contributed by atoms with E-state index in [4.69, 9.17) is 9.47 Å². The standard InChI is InChI=1S/C14H15N3O4/c1-15-8-10-3-6-14(16-9-10)21-11-4-5-13(20-2)12(7-11)17(18)19/h3-7,9,15H,8H2,1-2H3. The monoisotopic (exact) mass is 289 g/mol. The lowest BCUT2D eigenvalue weighted by Gasteiger charge is -2.07. The molecule has 0 aliphatic rings. The predicted molar refractivity (Wildman–Crippen MR) is 76.7 cm³/mol. The van der Waals surface area contributed by atoms with Crippen LogP contribution >= 0.6 is 0 Å². The molecule has 0 aliphatic carbocycles. The van der Waals surface area contributed by atoms with Crippen LogP contribution in [0.25, 0.3) is 0 Å². The molecule has 21 heavy (non-hydrogen) atoms. The smallest absolute Gasteiger partial charge is 0.314 e. The summed E-state index contributed by atoms with van der Waals surface area (Å²) in [6.45, 7) is 0.710. The molecular weight excluding hydrogens is 274 g/mol. The molecule has 1 N–H and O–H groups in total. The van der Waals surface area contributed by atoms with Crippen molar-refractivity contribution >= 4 is 5.69 Å². The van der Waals surface area contributed by atoms with Gasteiger partial charge in [0.1, 0.15) is 5.75 Å². The van der Waals surface area contributed by atoms with E-state index in [-0.39, 0.29) is 11.4 Å². The van der Waals surface area contributed by atoms with Crippen molar-refractivity contribution in [2.75, 3.05) is 14.2 Å². The lowest BCUT2D eigenvalue weighted by atomic mass is 10.2. The normalized spacial score (nSPS) is 10.2. The molecule has 1 heterocycles. The van der Waals surface area contributed by atoms with Crippen molar-refractivity contribution in [3.63, 3.8) is 0 Å². The third-order valence-electron chi connectivity index (χ3n) is 2.75. The molecule has 0 aliphatic heterocycles. The van der Waals surface area contributed by atoms with Gasteiger partial charge in [0.2, 0.25) is 5.88 Å². The molecule has 0 saturated heterocycles. The van der Waals surface area contributed by atoms with E-state index in [2.05, 4.69) is 10.3 Å². The van der Waals surface area contributed by atoms with Crippen LogP contribution in [0.1, 0.15) is 5.56 Å². The summed E-state index contributed by atoms with van der Waals surface area (Å²) < 4.78 is 10.4. The van der Waals surface area contributed by atoms with Crippen LogP contribution in [0.2, 0.25) is 0 Å². The average Bonchev–Trinajstić information content (AvgIpc) is 2.49. The van der Waals surface area contributed by atoms with Gasteiger partial charge in [-0.25, -0.2) is 4.98 Å². The van der Waals surface area contributed by atoms with Gasteiger partial charge >= 0.3 is 5.69 Å². The fourth-order valence-electron chi connectivity index (χ4n) is 1.78. The Morgan fingerprint density at radius 3 is 2.71 bits per heavy atom. The van der Waals surface area contributed by atoms with Gasteiger partial charge in [-0.1, -0.05) is 6.07 Å². The molecule has 0 bridgehead atoms. The number of ether oxygens (including phenoxy) is 2. The number of hydrogen-bond donors (Lipinski definition) is 1. The summed E-state index contributed by atoms with van der Waals surface area (Å²) in [5.74, 6) is 0.885. The maximum Gasteiger partial charge on any atom is 0.314 e. The number of nitrogens with zero attached hydrogens (tertiary/aromatic N) is 2. The highest BCUT2D eigenvalue weighted by Crippen LogP contribution is 2.32. The van der Waals surface area contributed by atoms with Crippen molar-refractivity contribution in [3.05, 3.63) is 52.2 Å². The molecule has 1 aromatic carbocycles. The van der Waals surface area contributed by atoms with Crippen LogP contribution in [-0.2, 0) is 6.54 Å². The van der Waals surface area contributed by atoms with Gasteiger partial charge < -0.3 is 14.8 Å². The van der Waals surface area contributed by atoms with Crippen molar-refractivity contribution in [3.8, 4) is 17.4 Å². The first-order valence-electron chi connectivity index (χ1n) is 6.24. The van der Waals surface area contributed by atoms with Gasteiger partial charge in [-0.15, -0.1) is 0 Å². The Morgan fingerprint density at radius 2 is 2.14 bits per heavy atom. The SMILES string of the molecule is CNCc1ccc(Oc2ccc(OC)c([N+](=O)[O-])c2)nc1. The molecule has 0 saturated carbocycles. The highest BCUT2D eigenvalue weighted by atomic mass is 16.6. The van der Waals surface area contributed by atoms with Gasteiger partial charge in [-0.3, -0.25) is 10.1 Å². The number of nitrogens with one attached hydrogen (secondary N) is 1. The number of nitro groups is 1. The van der Waals surface area contributed by atoms with E-state index in [0.717, 1.165) is 5.56 Å². The summed E-state index contributed by atoms with van der Waals surface area (Å²) in [6, 6.07) is 7.97. The second-order valence-corrected chi connectivity index (χ2v) is 4.23. The van der Waals surface area contributed by atoms with Crippen LogP contribution in [0.5, 0.6) is 17.4 Å². The van der Waals surface area contributed by atoms with Crippen LogP contribution in [0.4, 0.5) is 5.69 Å². The number of pyridine rings is 1. The molecule has 2 aromatic rings. The summed E-state index contributed by atoms with van der Waals surface area (Å²) in [7, 11) is 3.23. The first-order chi connectivity index (χ1) is 10.1. The zero-order valence-electron chi connectivity index (χ0n) is 11.7. The summed E-state index contributed by atoms with van der Waals surface area (Å²) in [6.07, 6.45) is 1.68. The minimum absolute atomic E-state index is 0.151. The molecule has 1 aromatic heterocycles. The van der Waals surface area contributed by atoms with E-state index in [1.807, 2.05) is 13.1 Å². The second kappa shape index (κ2) is 6.67. The topological polar surface area (TPSA) is 86.5 Å². The molecule has 110 valence electrons. The number of rotatable bonds is 6. The van der Waals surface area contributed by atoms with E-state index in [1.165, 1.54) is 19.2 Å². The van der Waals surface area contributed by atoms with Crippen LogP contribution in [-0.4, -0.2) is 24.1 Å². The number of methoxy groups -OCH3 is 1. The van der Waals surface area contributed by atoms with Crippen LogP contribution in [0.3, 0.4) is 0 Å². The predicted octanol–water partition coefficient (Wildman–Crippen LogP) is 2.51. The number of benzene rings is 1. The highest BCUT2D eigenvalue weighted by Gasteiger charge is 2.16. The zero-order chi connectivity index (χ0) is 15.2. The minimum Gasteiger partial charge on any atom is -0.490 e. The van der Waals surface area contributed by atoms with Gasteiger partial charge in [0.05, 0.1) is 18.1 Å². The molecule has 0 spiro atoms. The summed E-state index contributed by atoms with van der Waals surface area (Å²) in [5, 5.41) is 14.0. The van der Waals surface area contributed by atoms with Crippen LogP contribution in [0.15, 0.2) is 36.5 Å². The number of nitro benzene ring substituents is 1. The Hall–Kier alpha value is -2.67. The van der Waals surface area contributed by atoms with Gasteiger partial charge in [0.15, 0.2) is 5.75 Å². The van der Waals surface area contributed by atoms with Gasteiger partial charge in [0, 0.05) is 18.8 Å². The van der Waals surface area contributed by atoms with Gasteiger partial charge in [0.25, 0.3) is 0 Å². The Kier molecular flexibility index (Phi) is 4.68. The summed E-state index contributed by atoms with van der Waals surface area (Å²) in [5.41, 5.74) is 0.868. The fraction of sp³-hybridized carbons (Fsp3) is 0.214. The van der Waals surface area contributed by atoms with Crippen molar-refractivity contribution in [2.24, 2.45) is 0 Å². The van der Waals surface area contributed by atoms with Crippen molar-refractivity contribution in [1.29, 1.82) is 0 Å². The third-order valence-corrected chi connectivity index (χ3v) is 2.75. The van der Waals surface area contributed by atoms with Gasteiger partial charge in [-0.05, 0) is 24.7 Å². The summed E-state index contributed by atoms with van der Waals surface area (Å²) in [4.78, 5) is 14.6. The molecule has 2 rings (SSSR count). The molecule has 7 heteroatoms. The second-order valence-electron chi connectivity index (χ2n) is 4.23. The molecule has 7 nitrogen and oxygen atoms in total. The Bertz CT molecular complexity index is 629. The molecule has 0 amide bonds. The van der Waals surface area contributed by atoms with Crippen molar-refractivity contribution in [2.45, 2.75) is 6.54 Å². The fourth-order valence-corrected chi connectivity index (χ4v) is 1.78. The summed E-state index contributed by atoms with van der Waals surface area (Å²) >= 11 is 0. The lowest BCUT2D eigenvalue weighted by molar-refractivity contribution is -0.385. The van der Waals surface area contributed by atoms with E-state index < -0.39 is 4.92 Å². The minimum atomic E-state index is -0.519. The Labute approximate surface area is 121 Å². The quantitative estimate of drug-likeness (QED) is 0.649. The van der Waals surface area contributed by atoms with E-state index in [9.17, 15) is 10.1 Å². The molecular formula is C14H15N3O4. The van der Waals surface area contributed by atoms with Gasteiger partial charge in [-0.2, -0.15) is 0 Å². The Morgan fingerprint density at radius 1 is 1.33 bits per heavy atom. The maximum atomic E-state index is 10.9. The van der Waals surface area contributed by atoms with Crippen molar-refractivity contribution < 1.29 is 14.4 Å². The lowest BCUT2D eigenvalue weighted by Crippen LogP contribution is -2.05. The Balaban J connectivity index is 2.19. The molecule has 0 atom stereocenters. The first-order valence-corrected chi connectivity index (χ1v) is 6.24. The van der Waals surface area contributed by atoms with Crippen molar-refractivity contribution in [1.82, 2.24) is 10.3 Å². The zero-order valence-corrected chi connectivity index (χ0v) is 11.7. The number of aromatic nitrogens is 1.